The quantitative estimate of drug-likeness (QED) is 0.123. The molecule has 0 saturated heterocycles. The second-order valence-corrected chi connectivity index (χ2v) is 19.1. The van der Waals surface area contributed by atoms with Gasteiger partial charge in [-0.1, -0.05) is 97.8 Å². The topological polar surface area (TPSA) is 0 Å². The molecule has 0 radical (unpaired) electrons. The van der Waals surface area contributed by atoms with Crippen LogP contribution in [0.15, 0.2) is 97.1 Å². The predicted octanol–water partition coefficient (Wildman–Crippen LogP) is 8.56. The molecule has 0 amide bonds. The number of benzene rings is 4. The molecule has 0 N–H and O–H groups in total. The first-order valence-electron chi connectivity index (χ1n) is 19.7. The Morgan fingerprint density at radius 2 is 1.18 bits per heavy atom. The van der Waals surface area contributed by atoms with Crippen LogP contribution in [0.5, 0.6) is 0 Å². The minimum atomic E-state index is -4.49. The maximum Gasteiger partial charge on any atom is -1.00 e. The molecular formula is C51H50Cl2F6Zr-2. The molecule has 0 heterocycles. The van der Waals surface area contributed by atoms with Crippen molar-refractivity contribution in [1.29, 1.82) is 0 Å². The molecule has 0 aliphatic heterocycles. The summed E-state index contributed by atoms with van der Waals surface area (Å²) in [7, 11) is 0. The first-order valence-corrected chi connectivity index (χ1v) is 20.9. The molecule has 0 aromatic heterocycles. The van der Waals surface area contributed by atoms with Crippen LogP contribution in [0.2, 0.25) is 0 Å². The fourth-order valence-corrected chi connectivity index (χ4v) is 9.09. The molecule has 0 bridgehead atoms. The van der Waals surface area contributed by atoms with E-state index < -0.39 is 23.5 Å². The Labute approximate surface area is 379 Å². The Bertz CT molecular complexity index is 2320. The number of aryl methyl sites for hydroxylation is 1. The van der Waals surface area contributed by atoms with Crippen LogP contribution in [0.3, 0.4) is 0 Å². The van der Waals surface area contributed by atoms with Gasteiger partial charge in [-0.05, 0) is 58.4 Å². The van der Waals surface area contributed by atoms with Gasteiger partial charge >= 0.3 is 137 Å². The molecule has 60 heavy (non-hydrogen) atoms. The summed E-state index contributed by atoms with van der Waals surface area (Å²) in [5.41, 5.74) is 16.7. The Hall–Kier alpha value is -3.38. The van der Waals surface area contributed by atoms with E-state index in [4.69, 9.17) is 0 Å². The van der Waals surface area contributed by atoms with Crippen molar-refractivity contribution in [3.8, 4) is 11.1 Å². The van der Waals surface area contributed by atoms with E-state index in [1.807, 2.05) is 0 Å². The second-order valence-electron chi connectivity index (χ2n) is 17.9. The van der Waals surface area contributed by atoms with Crippen molar-refractivity contribution in [3.63, 3.8) is 0 Å². The first kappa shape index (κ1) is 49.3. The minimum Gasteiger partial charge on any atom is -1.00 e. The van der Waals surface area contributed by atoms with Gasteiger partial charge in [-0.25, -0.2) is 11.6 Å². The third-order valence-electron chi connectivity index (χ3n) is 11.5. The number of allylic oxidation sites excluding steroid dienone is 4. The van der Waals surface area contributed by atoms with Crippen molar-refractivity contribution in [1.82, 2.24) is 0 Å². The molecule has 0 saturated carbocycles. The average molecular weight is 939 g/mol. The number of rotatable bonds is 3. The van der Waals surface area contributed by atoms with E-state index in [1.165, 1.54) is 91.0 Å². The molecule has 316 valence electrons. The van der Waals surface area contributed by atoms with E-state index in [0.29, 0.717) is 8.62 Å². The van der Waals surface area contributed by atoms with Crippen LogP contribution in [0.25, 0.3) is 22.3 Å². The van der Waals surface area contributed by atoms with Gasteiger partial charge in [0.25, 0.3) is 0 Å². The average Bonchev–Trinajstić information content (AvgIpc) is 3.88. The van der Waals surface area contributed by atoms with Crippen molar-refractivity contribution in [2.75, 3.05) is 0 Å². The summed E-state index contributed by atoms with van der Waals surface area (Å²) in [6, 6.07) is 25.7. The van der Waals surface area contributed by atoms with E-state index in [9.17, 15) is 26.3 Å². The van der Waals surface area contributed by atoms with Crippen LogP contribution in [-0.4, -0.2) is 3.21 Å². The Morgan fingerprint density at radius 1 is 0.683 bits per heavy atom. The number of alkyl halides is 6. The van der Waals surface area contributed by atoms with Crippen LogP contribution >= 0.6 is 0 Å². The first-order chi connectivity index (χ1) is 26.8. The Morgan fingerprint density at radius 3 is 1.63 bits per heavy atom. The predicted molar refractivity (Wildman–Crippen MR) is 223 cm³/mol. The van der Waals surface area contributed by atoms with Crippen molar-refractivity contribution >= 4 is 14.4 Å². The van der Waals surface area contributed by atoms with Crippen molar-refractivity contribution in [3.05, 3.63) is 170 Å². The second kappa shape index (κ2) is 17.8. The Balaban J connectivity index is 0.000000209. The van der Waals surface area contributed by atoms with E-state index in [1.54, 1.807) is 0 Å². The van der Waals surface area contributed by atoms with Crippen molar-refractivity contribution in [2.45, 2.75) is 111 Å². The molecule has 3 aliphatic carbocycles. The van der Waals surface area contributed by atoms with E-state index in [2.05, 4.69) is 124 Å². The molecule has 5 aromatic rings. The summed E-state index contributed by atoms with van der Waals surface area (Å²) in [6.07, 6.45) is -0.688. The smallest absolute Gasteiger partial charge is 1.00 e. The third kappa shape index (κ3) is 10.3. The van der Waals surface area contributed by atoms with Gasteiger partial charge in [0.1, 0.15) is 0 Å². The zero-order chi connectivity index (χ0) is 42.7. The van der Waals surface area contributed by atoms with Crippen molar-refractivity contribution < 1.29 is 75.4 Å². The number of halogens is 8. The van der Waals surface area contributed by atoms with Gasteiger partial charge < -0.3 is 24.8 Å². The monoisotopic (exact) mass is 936 g/mol. The molecule has 0 atom stereocenters. The van der Waals surface area contributed by atoms with Gasteiger partial charge in [0.15, 0.2) is 0 Å². The molecule has 8 rings (SSSR count). The largest absolute Gasteiger partial charge is 1.00 e. The van der Waals surface area contributed by atoms with Crippen LogP contribution in [-0.2, 0) is 65.7 Å². The molecule has 0 fully saturated rings. The van der Waals surface area contributed by atoms with Gasteiger partial charge in [-0.3, -0.25) is 6.08 Å². The summed E-state index contributed by atoms with van der Waals surface area (Å²) in [4.78, 5) is 0. The van der Waals surface area contributed by atoms with Crippen LogP contribution in [0.4, 0.5) is 26.3 Å². The molecular weight excluding hydrogens is 889 g/mol. The van der Waals surface area contributed by atoms with E-state index >= 15 is 0 Å². The molecule has 3 aliphatic rings. The fourth-order valence-electron chi connectivity index (χ4n) is 8.32. The maximum absolute atomic E-state index is 12.7. The van der Waals surface area contributed by atoms with Crippen molar-refractivity contribution in [2.24, 2.45) is 0 Å². The number of hydrogen-bond donors (Lipinski definition) is 0. The maximum atomic E-state index is 12.7. The van der Waals surface area contributed by atoms with Gasteiger partial charge in [-0.15, -0.1) is 11.6 Å². The third-order valence-corrected chi connectivity index (χ3v) is 12.9. The number of hydrogen-bond acceptors (Lipinski definition) is 0. The molecule has 9 heteroatoms. The van der Waals surface area contributed by atoms with Gasteiger partial charge in [0.2, 0.25) is 0 Å². The SMILES string of the molecule is CC1=[C-]C(C)(C)c2cc3c(cc21)-c1cc2c(cc1C3)C(C)(C)C=C2C.CCc1cc(C(C)(C)C)c[cH-]1.FC(F)(F)c1cccc([C](=[Zr+2])c2cccc(C(F)(F)F)c2)c1.[Cl-].[Cl-]. The van der Waals surface area contributed by atoms with Crippen LogP contribution in [0.1, 0.15) is 136 Å². The van der Waals surface area contributed by atoms with Crippen LogP contribution in [0, 0.1) is 6.08 Å². The standard InChI is InChI=1S/C25H25.C15H8F6.C11H17.2ClH.Zr/c1-14-12-24(3,4)22-8-16-7-17-9-23-19(15(2)13-25(23,5)6)11-21(17)20(16)10-18(14)22;16-14(17,18)12-5-1-3-10(8-12)7-11-4-2-6-13(9-11)15(19,20)21;1-5-9-6-7-10(8-9)11(2,3)4;;;/h8-12H,7H2,1-6H3;1-6,8-9H;6-8H,5H2,1-4H3;2*1H;/q-1;;-1;;;+2/p-2. The Kier molecular flexibility index (Phi) is 14.6. The fraction of sp³-hybridized carbons (Fsp3) is 0.333. The molecule has 5 aromatic carbocycles. The van der Waals surface area contributed by atoms with Gasteiger partial charge in [-0.2, -0.15) is 28.8 Å². The van der Waals surface area contributed by atoms with E-state index in [-0.39, 0.29) is 46.8 Å². The normalized spacial score (nSPS) is 15.3. The summed E-state index contributed by atoms with van der Waals surface area (Å²) in [5.74, 6) is 0. The summed E-state index contributed by atoms with van der Waals surface area (Å²) in [5, 5.41) is 0. The zero-order valence-corrected chi connectivity index (χ0v) is 39.6. The van der Waals surface area contributed by atoms with Gasteiger partial charge in [0, 0.05) is 5.41 Å². The summed E-state index contributed by atoms with van der Waals surface area (Å²) >= 11 is 0.729. The molecule has 0 spiro atoms. The zero-order valence-electron chi connectivity index (χ0n) is 35.7. The molecule has 0 nitrogen and oxygen atoms in total. The van der Waals surface area contributed by atoms with Gasteiger partial charge in [0.05, 0.1) is 0 Å². The minimum absolute atomic E-state index is 0. The van der Waals surface area contributed by atoms with Crippen LogP contribution < -0.4 is 24.8 Å². The summed E-state index contributed by atoms with van der Waals surface area (Å²) in [6.45, 7) is 22.6. The molecule has 0 unspecified atom stereocenters. The summed E-state index contributed by atoms with van der Waals surface area (Å²) < 4.78 is 76.7. The van der Waals surface area contributed by atoms with E-state index in [0.717, 1.165) is 61.3 Å². The number of fused-ring (bicyclic) bond motifs is 5.